The predicted octanol–water partition coefficient (Wildman–Crippen LogP) is 5.48. The van der Waals surface area contributed by atoms with Crippen LogP contribution >= 0.6 is 46.4 Å². The molecule has 0 atom stereocenters. The third kappa shape index (κ3) is 4.03. The molecule has 0 saturated heterocycles. The van der Waals surface area contributed by atoms with Gasteiger partial charge in [0.25, 0.3) is 0 Å². The largest absolute Gasteiger partial charge is 0.326 e. The molecule has 0 aliphatic heterocycles. The smallest absolute Gasteiger partial charge is 0.228 e. The molecule has 0 bridgehead atoms. The van der Waals surface area contributed by atoms with Crippen molar-refractivity contribution in [1.82, 2.24) is 0 Å². The molecule has 0 fully saturated rings. The summed E-state index contributed by atoms with van der Waals surface area (Å²) >= 11 is 23.4. The molecular formula is C14H9Cl4NO. The predicted molar refractivity (Wildman–Crippen MR) is 85.3 cm³/mol. The lowest BCUT2D eigenvalue weighted by atomic mass is 10.1. The number of nitrogens with one attached hydrogen (secondary N) is 1. The Labute approximate surface area is 136 Å². The van der Waals surface area contributed by atoms with Crippen LogP contribution in [0.2, 0.25) is 20.1 Å². The molecule has 0 aliphatic rings. The van der Waals surface area contributed by atoms with Crippen LogP contribution in [0.3, 0.4) is 0 Å². The van der Waals surface area contributed by atoms with Gasteiger partial charge in [0.05, 0.1) is 26.5 Å². The van der Waals surface area contributed by atoms with Gasteiger partial charge >= 0.3 is 0 Å². The Morgan fingerprint density at radius 3 is 2.05 bits per heavy atom. The van der Waals surface area contributed by atoms with E-state index in [9.17, 15) is 4.79 Å². The molecule has 0 heterocycles. The molecule has 1 N–H and O–H groups in total. The molecule has 1 amide bonds. The summed E-state index contributed by atoms with van der Waals surface area (Å²) in [6, 6.07) is 9.98. The van der Waals surface area contributed by atoms with E-state index in [1.165, 1.54) is 0 Å². The van der Waals surface area contributed by atoms with Crippen molar-refractivity contribution in [3.8, 4) is 0 Å². The van der Waals surface area contributed by atoms with Crippen LogP contribution in [0.4, 0.5) is 5.69 Å². The number of rotatable bonds is 3. The van der Waals surface area contributed by atoms with Crippen molar-refractivity contribution >= 4 is 58.0 Å². The summed E-state index contributed by atoms with van der Waals surface area (Å²) in [5.41, 5.74) is 1.36. The number of amides is 1. The maximum absolute atomic E-state index is 11.9. The van der Waals surface area contributed by atoms with Gasteiger partial charge in [-0.05, 0) is 35.9 Å². The van der Waals surface area contributed by atoms with Crippen LogP contribution in [-0.2, 0) is 11.2 Å². The highest BCUT2D eigenvalue weighted by atomic mass is 35.5. The van der Waals surface area contributed by atoms with Crippen LogP contribution in [0.25, 0.3) is 0 Å². The van der Waals surface area contributed by atoms with Gasteiger partial charge in [0.1, 0.15) is 0 Å². The van der Waals surface area contributed by atoms with Crippen LogP contribution in [0.1, 0.15) is 5.56 Å². The van der Waals surface area contributed by atoms with Gasteiger partial charge < -0.3 is 5.32 Å². The topological polar surface area (TPSA) is 29.1 Å². The number of hydrogen-bond acceptors (Lipinski definition) is 1. The van der Waals surface area contributed by atoms with E-state index in [-0.39, 0.29) is 12.3 Å². The Morgan fingerprint density at radius 2 is 1.45 bits per heavy atom. The first-order valence-corrected chi connectivity index (χ1v) is 7.16. The van der Waals surface area contributed by atoms with E-state index in [1.807, 2.05) is 0 Å². The van der Waals surface area contributed by atoms with Crippen molar-refractivity contribution in [1.29, 1.82) is 0 Å². The molecule has 0 unspecified atom stereocenters. The van der Waals surface area contributed by atoms with Gasteiger partial charge in [-0.1, -0.05) is 52.5 Å². The van der Waals surface area contributed by atoms with Crippen molar-refractivity contribution in [2.45, 2.75) is 6.42 Å². The zero-order chi connectivity index (χ0) is 14.7. The zero-order valence-electron chi connectivity index (χ0n) is 10.1. The third-order valence-electron chi connectivity index (χ3n) is 2.55. The fourth-order valence-corrected chi connectivity index (χ4v) is 2.23. The van der Waals surface area contributed by atoms with Gasteiger partial charge in [-0.25, -0.2) is 0 Å². The normalized spacial score (nSPS) is 10.4. The number of carbonyl (C=O) groups is 1. The first kappa shape index (κ1) is 15.5. The summed E-state index contributed by atoms with van der Waals surface area (Å²) < 4.78 is 0. The summed E-state index contributed by atoms with van der Waals surface area (Å²) in [6.45, 7) is 0. The summed E-state index contributed by atoms with van der Waals surface area (Å²) in [5, 5.41) is 4.44. The fraction of sp³-hybridized carbons (Fsp3) is 0.0714. The maximum Gasteiger partial charge on any atom is 0.228 e. The van der Waals surface area contributed by atoms with Gasteiger partial charge in [-0.15, -0.1) is 0 Å². The number of halogens is 4. The highest BCUT2D eigenvalue weighted by Crippen LogP contribution is 2.25. The van der Waals surface area contributed by atoms with Gasteiger partial charge in [0, 0.05) is 5.69 Å². The molecule has 0 spiro atoms. The third-order valence-corrected chi connectivity index (χ3v) is 4.03. The number of benzene rings is 2. The van der Waals surface area contributed by atoms with E-state index in [4.69, 9.17) is 46.4 Å². The van der Waals surface area contributed by atoms with Crippen LogP contribution < -0.4 is 5.32 Å². The highest BCUT2D eigenvalue weighted by molar-refractivity contribution is 6.42. The number of anilines is 1. The lowest BCUT2D eigenvalue weighted by Crippen LogP contribution is -2.14. The first-order chi connectivity index (χ1) is 9.45. The van der Waals surface area contributed by atoms with Crippen molar-refractivity contribution in [3.05, 3.63) is 62.1 Å². The number of carbonyl (C=O) groups excluding carboxylic acids is 1. The fourth-order valence-electron chi connectivity index (χ4n) is 1.61. The van der Waals surface area contributed by atoms with Crippen LogP contribution in [0, 0.1) is 0 Å². The summed E-state index contributed by atoms with van der Waals surface area (Å²) in [6.07, 6.45) is 0.192. The van der Waals surface area contributed by atoms with Crippen molar-refractivity contribution in [2.24, 2.45) is 0 Å². The van der Waals surface area contributed by atoms with E-state index >= 15 is 0 Å². The Kier molecular flexibility index (Phi) is 5.17. The van der Waals surface area contributed by atoms with Crippen molar-refractivity contribution < 1.29 is 4.79 Å². The Bertz CT molecular complexity index is 602. The minimum atomic E-state index is -0.179. The van der Waals surface area contributed by atoms with Gasteiger partial charge in [-0.2, -0.15) is 0 Å². The molecule has 6 heteroatoms. The average molecular weight is 349 g/mol. The summed E-state index contributed by atoms with van der Waals surface area (Å²) in [7, 11) is 0. The molecule has 0 aliphatic carbocycles. The highest BCUT2D eigenvalue weighted by Gasteiger charge is 2.07. The number of hydrogen-bond donors (Lipinski definition) is 1. The monoisotopic (exact) mass is 347 g/mol. The van der Waals surface area contributed by atoms with Gasteiger partial charge in [0.2, 0.25) is 5.91 Å². The van der Waals surface area contributed by atoms with Crippen LogP contribution in [0.15, 0.2) is 36.4 Å². The molecule has 104 valence electrons. The van der Waals surface area contributed by atoms with Gasteiger partial charge in [-0.3, -0.25) is 4.79 Å². The van der Waals surface area contributed by atoms with E-state index in [0.29, 0.717) is 25.8 Å². The van der Waals surface area contributed by atoms with E-state index in [0.717, 1.165) is 5.56 Å². The molecule has 2 aromatic carbocycles. The van der Waals surface area contributed by atoms with Crippen molar-refractivity contribution in [2.75, 3.05) is 5.32 Å². The van der Waals surface area contributed by atoms with Crippen LogP contribution in [0.5, 0.6) is 0 Å². The van der Waals surface area contributed by atoms with E-state index < -0.39 is 0 Å². The average Bonchev–Trinajstić information content (AvgIpc) is 2.38. The maximum atomic E-state index is 11.9. The minimum absolute atomic E-state index is 0.179. The first-order valence-electron chi connectivity index (χ1n) is 5.64. The van der Waals surface area contributed by atoms with Crippen LogP contribution in [-0.4, -0.2) is 5.91 Å². The molecule has 0 radical (unpaired) electrons. The molecular weight excluding hydrogens is 340 g/mol. The molecule has 2 nitrogen and oxygen atoms in total. The summed E-state index contributed by atoms with van der Waals surface area (Å²) in [5.74, 6) is -0.179. The molecule has 0 aromatic heterocycles. The molecule has 2 aromatic rings. The minimum Gasteiger partial charge on any atom is -0.326 e. The zero-order valence-corrected chi connectivity index (χ0v) is 13.1. The van der Waals surface area contributed by atoms with Crippen molar-refractivity contribution in [3.63, 3.8) is 0 Å². The second-order valence-corrected chi connectivity index (χ2v) is 5.73. The lowest BCUT2D eigenvalue weighted by Gasteiger charge is -2.07. The second-order valence-electron chi connectivity index (χ2n) is 4.10. The Morgan fingerprint density at radius 1 is 0.850 bits per heavy atom. The van der Waals surface area contributed by atoms with E-state index in [1.54, 1.807) is 36.4 Å². The standard InChI is InChI=1S/C14H9Cl4NO/c15-10-3-1-8(5-12(10)17)6-14(20)19-9-2-4-11(16)13(18)7-9/h1-5,7H,6H2,(H,19,20). The molecule has 2 rings (SSSR count). The lowest BCUT2D eigenvalue weighted by molar-refractivity contribution is -0.115. The second kappa shape index (κ2) is 6.68. The van der Waals surface area contributed by atoms with E-state index in [2.05, 4.69) is 5.32 Å². The Hall–Kier alpha value is -0.930. The molecule has 20 heavy (non-hydrogen) atoms. The van der Waals surface area contributed by atoms with Gasteiger partial charge in [0.15, 0.2) is 0 Å². The Balaban J connectivity index is 2.04. The SMILES string of the molecule is O=C(Cc1ccc(Cl)c(Cl)c1)Nc1ccc(Cl)c(Cl)c1. The quantitative estimate of drug-likeness (QED) is 0.781. The molecule has 0 saturated carbocycles. The summed E-state index contributed by atoms with van der Waals surface area (Å²) in [4.78, 5) is 11.9.